The summed E-state index contributed by atoms with van der Waals surface area (Å²) in [4.78, 5) is 25.1. The Morgan fingerprint density at radius 3 is 2.12 bits per heavy atom. The molecule has 26 heteroatoms. The third-order valence-corrected chi connectivity index (χ3v) is 12.9. The number of hydrogen-bond donors (Lipinski definition) is 4. The van der Waals surface area contributed by atoms with Crippen LogP contribution in [0.3, 0.4) is 0 Å². The summed E-state index contributed by atoms with van der Waals surface area (Å²) in [6.07, 6.45) is -1.59. The first-order chi connectivity index (χ1) is 27.7. The maximum absolute atomic E-state index is 16.5. The Labute approximate surface area is 331 Å². The topological polar surface area (TPSA) is 271 Å². The Morgan fingerprint density at radius 2 is 1.48 bits per heavy atom. The second-order valence-corrected chi connectivity index (χ2v) is 17.5. The van der Waals surface area contributed by atoms with Gasteiger partial charge in [-0.05, 0) is 40.5 Å². The number of imidazole rings is 2. The lowest BCUT2D eigenvalue weighted by Gasteiger charge is -2.36. The van der Waals surface area contributed by atoms with Crippen LogP contribution in [0.4, 0.5) is 20.7 Å². The van der Waals surface area contributed by atoms with Crippen molar-refractivity contribution in [2.45, 2.75) is 103 Å². The first-order valence-corrected chi connectivity index (χ1v) is 22.0. The van der Waals surface area contributed by atoms with Crippen LogP contribution in [0.15, 0.2) is 12.7 Å². The number of hydrogen-bond acceptors (Lipinski definition) is 18. The van der Waals surface area contributed by atoms with E-state index in [1.54, 1.807) is 18.4 Å². The van der Waals surface area contributed by atoms with Gasteiger partial charge in [0.25, 0.3) is 0 Å². The van der Waals surface area contributed by atoms with Crippen LogP contribution in [0.5, 0.6) is 11.8 Å². The van der Waals surface area contributed by atoms with Crippen LogP contribution in [0, 0.1) is 0 Å². The van der Waals surface area contributed by atoms with Crippen molar-refractivity contribution in [1.29, 1.82) is 0 Å². The van der Waals surface area contributed by atoms with Crippen LogP contribution in [-0.4, -0.2) is 115 Å². The summed E-state index contributed by atoms with van der Waals surface area (Å²) in [6.45, 7) is 6.87. The molecule has 6 N–H and O–H groups in total. The largest absolute Gasteiger partial charge is 0.476 e. The molecule has 7 heterocycles. The molecule has 0 aromatic carbocycles. The molecule has 4 aromatic heterocycles. The van der Waals surface area contributed by atoms with Crippen molar-refractivity contribution in [1.82, 2.24) is 49.2 Å². The maximum Gasteiger partial charge on any atom is 0.406 e. The van der Waals surface area contributed by atoms with Crippen molar-refractivity contribution >= 4 is 49.7 Å². The van der Waals surface area contributed by atoms with E-state index in [0.29, 0.717) is 50.1 Å². The average Bonchev–Trinajstić information content (AvgIpc) is 3.85. The minimum atomic E-state index is -3.89. The summed E-state index contributed by atoms with van der Waals surface area (Å²) < 4.78 is 106. The fourth-order valence-corrected chi connectivity index (χ4v) is 10.1. The molecule has 9 atom stereocenters. The highest BCUT2D eigenvalue weighted by molar-refractivity contribution is 7.52. The molecule has 0 aliphatic carbocycles. The van der Waals surface area contributed by atoms with Gasteiger partial charge in [-0.15, -0.1) is 0 Å². The van der Waals surface area contributed by atoms with E-state index in [-0.39, 0.29) is 67.9 Å². The van der Waals surface area contributed by atoms with E-state index < -0.39 is 58.0 Å². The summed E-state index contributed by atoms with van der Waals surface area (Å²) in [6, 6.07) is 0. The first-order valence-electron chi connectivity index (χ1n) is 18.9. The zero-order chi connectivity index (χ0) is 41.2. The monoisotopic (exact) mass is 860 g/mol. The van der Waals surface area contributed by atoms with Gasteiger partial charge >= 0.3 is 15.5 Å². The third-order valence-electron chi connectivity index (χ3n) is 9.64. The molecule has 4 aromatic rings. The fourth-order valence-electron chi connectivity index (χ4n) is 6.87. The molecule has 0 amide bonds. The number of nitrogen functional groups attached to an aromatic ring is 2. The number of aromatic nitrogens is 8. The number of fused-ring (bicyclic) bond motifs is 3. The molecule has 58 heavy (non-hydrogen) atoms. The van der Waals surface area contributed by atoms with Crippen molar-refractivity contribution in [3.8, 4) is 11.8 Å². The van der Waals surface area contributed by atoms with E-state index in [0.717, 1.165) is 0 Å². The zero-order valence-corrected chi connectivity index (χ0v) is 34.2. The number of nitrogens with one attached hydrogen (secondary N) is 2. The molecular formula is C32H48F2N12O10P2. The molecule has 0 bridgehead atoms. The van der Waals surface area contributed by atoms with Crippen molar-refractivity contribution in [2.75, 3.05) is 51.0 Å². The van der Waals surface area contributed by atoms with E-state index in [9.17, 15) is 13.5 Å². The summed E-state index contributed by atoms with van der Waals surface area (Å²) >= 11 is 0. The lowest BCUT2D eigenvalue weighted by Crippen LogP contribution is -2.46. The number of anilines is 2. The number of rotatable bonds is 18. The van der Waals surface area contributed by atoms with Crippen LogP contribution >= 0.6 is 15.5 Å². The van der Waals surface area contributed by atoms with Gasteiger partial charge in [0.05, 0.1) is 39.1 Å². The molecule has 3 saturated heterocycles. The van der Waals surface area contributed by atoms with Crippen LogP contribution < -0.4 is 31.1 Å². The van der Waals surface area contributed by atoms with Crippen molar-refractivity contribution in [3.63, 3.8) is 0 Å². The molecule has 0 spiro atoms. The number of unbranched alkanes of at least 4 members (excludes halogenated alkanes) is 3. The highest BCUT2D eigenvalue weighted by Crippen LogP contribution is 2.57. The number of alkyl halides is 2. The highest BCUT2D eigenvalue weighted by atomic mass is 31.2. The van der Waals surface area contributed by atoms with E-state index in [1.165, 1.54) is 31.1 Å². The molecule has 3 aliphatic heterocycles. The molecular weight excluding hydrogens is 812 g/mol. The van der Waals surface area contributed by atoms with Gasteiger partial charge in [0.2, 0.25) is 23.7 Å². The Kier molecular flexibility index (Phi) is 12.8. The molecule has 320 valence electrons. The van der Waals surface area contributed by atoms with Crippen molar-refractivity contribution in [2.24, 2.45) is 0 Å². The normalized spacial score (nSPS) is 30.5. The number of halogens is 2. The predicted octanol–water partition coefficient (Wildman–Crippen LogP) is 3.74. The number of nitrogens with zero attached hydrogens (tertiary/aromatic N) is 8. The summed E-state index contributed by atoms with van der Waals surface area (Å²) in [5, 5.41) is 5.60. The van der Waals surface area contributed by atoms with E-state index in [2.05, 4.69) is 40.1 Å². The Balaban J connectivity index is 0.833. The van der Waals surface area contributed by atoms with Gasteiger partial charge in [-0.1, -0.05) is 12.8 Å². The second kappa shape index (κ2) is 17.5. The van der Waals surface area contributed by atoms with Gasteiger partial charge in [0.1, 0.15) is 37.3 Å². The third kappa shape index (κ3) is 8.91. The summed E-state index contributed by atoms with van der Waals surface area (Å²) in [5.41, 5.74) is 10.8. The van der Waals surface area contributed by atoms with Gasteiger partial charge in [-0.2, -0.15) is 19.9 Å². The lowest BCUT2D eigenvalue weighted by molar-refractivity contribution is -0.120. The van der Waals surface area contributed by atoms with E-state index in [4.69, 9.17) is 48.5 Å². The molecule has 9 unspecified atom stereocenters. The Morgan fingerprint density at radius 1 is 0.897 bits per heavy atom. The SMILES string of the molecule is CCOc1nc(N)nc2c1ncn2COC1COP(=O)(NCCCCCCNP2(=O)OCC3OC(n4cnc5c(OCC)nc(N)nc54)C(C)(F)C3O2)OC1C(C)F. The first kappa shape index (κ1) is 42.4. The Bertz CT molecular complexity index is 2160. The van der Waals surface area contributed by atoms with Crippen LogP contribution in [-0.2, 0) is 43.4 Å². The van der Waals surface area contributed by atoms with Gasteiger partial charge in [-0.3, -0.25) is 27.2 Å². The van der Waals surface area contributed by atoms with Gasteiger partial charge in [0.15, 0.2) is 34.2 Å². The van der Waals surface area contributed by atoms with Crippen LogP contribution in [0.2, 0.25) is 0 Å². The quantitative estimate of drug-likeness (QED) is 0.0819. The molecule has 3 fully saturated rings. The molecule has 0 saturated carbocycles. The zero-order valence-electron chi connectivity index (χ0n) is 32.4. The standard InChI is InChI=1S/C32H48F2N12O10P2/c1-5-49-27-21-25(41-30(35)43-27)45(15-37-21)17-51-19-13-52-57(47,55-23(19)18(3)33)39-11-9-7-8-10-12-40-58(48)53-14-20-24(56-58)32(4,34)29(54-20)46-16-38-22-26(46)42-31(36)44-28(22)50-6-2/h15-16,18-20,23-24,29H,5-14,17H2,1-4H3,(H,39,47)(H,40,48)(H2,35,41,43)(H2,36,42,44). The predicted molar refractivity (Wildman–Crippen MR) is 202 cm³/mol. The highest BCUT2D eigenvalue weighted by Gasteiger charge is 2.61. The van der Waals surface area contributed by atoms with E-state index >= 15 is 4.39 Å². The van der Waals surface area contributed by atoms with Crippen molar-refractivity contribution in [3.05, 3.63) is 12.7 Å². The Hall–Kier alpha value is -3.70. The van der Waals surface area contributed by atoms with Gasteiger partial charge < -0.3 is 30.4 Å². The average molecular weight is 861 g/mol. The minimum Gasteiger partial charge on any atom is -0.476 e. The van der Waals surface area contributed by atoms with Crippen LogP contribution in [0.1, 0.15) is 59.6 Å². The van der Waals surface area contributed by atoms with Crippen LogP contribution in [0.25, 0.3) is 22.3 Å². The van der Waals surface area contributed by atoms with Gasteiger partial charge in [-0.25, -0.2) is 38.1 Å². The number of nitrogens with two attached hydrogens (primary N) is 2. The molecule has 0 radical (unpaired) electrons. The molecule has 22 nitrogen and oxygen atoms in total. The van der Waals surface area contributed by atoms with E-state index in [1.807, 2.05) is 0 Å². The summed E-state index contributed by atoms with van der Waals surface area (Å²) in [5.74, 6) is 0.298. The lowest BCUT2D eigenvalue weighted by atomic mass is 9.98. The molecule has 7 rings (SSSR count). The smallest absolute Gasteiger partial charge is 0.406 e. The van der Waals surface area contributed by atoms with Gasteiger partial charge in [0, 0.05) is 13.1 Å². The fraction of sp³-hybridized carbons (Fsp3) is 0.688. The number of ether oxygens (including phenoxy) is 4. The van der Waals surface area contributed by atoms with Crippen molar-refractivity contribution < 1.29 is 55.0 Å². The maximum atomic E-state index is 16.5. The minimum absolute atomic E-state index is 0.0105. The molecule has 3 aliphatic rings. The second-order valence-electron chi connectivity index (χ2n) is 14.0. The summed E-state index contributed by atoms with van der Waals surface area (Å²) in [7, 11) is -7.73.